The molecule has 296 valence electrons. The first-order valence-corrected chi connectivity index (χ1v) is 22.5. The van der Waals surface area contributed by atoms with Crippen LogP contribution in [0.3, 0.4) is 0 Å². The van der Waals surface area contributed by atoms with Crippen LogP contribution >= 0.6 is 0 Å². The van der Waals surface area contributed by atoms with Gasteiger partial charge >= 0.3 is 0 Å². The Kier molecular flexibility index (Phi) is 41.3. The van der Waals surface area contributed by atoms with Gasteiger partial charge in [0.15, 0.2) is 0 Å². The third kappa shape index (κ3) is 38.1. The van der Waals surface area contributed by atoms with Crippen molar-refractivity contribution in [2.45, 2.75) is 257 Å². The van der Waals surface area contributed by atoms with E-state index in [9.17, 15) is 15.0 Å². The Labute approximate surface area is 313 Å². The number of aliphatic hydroxyl groups is 2. The lowest BCUT2D eigenvalue weighted by molar-refractivity contribution is -0.123. The van der Waals surface area contributed by atoms with Crippen molar-refractivity contribution in [2.75, 3.05) is 6.61 Å². The molecule has 0 aromatic heterocycles. The highest BCUT2D eigenvalue weighted by atomic mass is 16.3. The standard InChI is InChI=1S/C46H89NO3/c1-3-5-7-9-11-13-15-17-18-19-20-21-22-23-24-25-26-27-28-30-32-34-36-38-40-42-46(50)47-44(43-48)45(49)41-39-37-35-33-31-29-16-14-12-10-8-6-4-2/h20-21,23-24,44-45,48-49H,3-19,22,25-43H2,1-2H3,(H,47,50)/b21-20-,24-23-. The molecule has 0 saturated carbocycles. The van der Waals surface area contributed by atoms with Crippen LogP contribution in [-0.2, 0) is 4.79 Å². The molecule has 1 amide bonds. The normalized spacial score (nSPS) is 13.1. The van der Waals surface area contributed by atoms with E-state index >= 15 is 0 Å². The second-order valence-electron chi connectivity index (χ2n) is 15.5. The second-order valence-corrected chi connectivity index (χ2v) is 15.5. The number of amides is 1. The predicted octanol–water partition coefficient (Wildman–Crippen LogP) is 14.0. The van der Waals surface area contributed by atoms with Crippen LogP contribution in [0.2, 0.25) is 0 Å². The summed E-state index contributed by atoms with van der Waals surface area (Å²) in [5, 5.41) is 23.1. The fourth-order valence-electron chi connectivity index (χ4n) is 6.98. The Morgan fingerprint density at radius 1 is 0.480 bits per heavy atom. The Balaban J connectivity index is 3.50. The van der Waals surface area contributed by atoms with E-state index in [1.165, 1.54) is 186 Å². The maximum atomic E-state index is 12.4. The highest BCUT2D eigenvalue weighted by Gasteiger charge is 2.20. The minimum Gasteiger partial charge on any atom is -0.394 e. The highest BCUT2D eigenvalue weighted by molar-refractivity contribution is 5.76. The van der Waals surface area contributed by atoms with Crippen LogP contribution in [0.15, 0.2) is 24.3 Å². The Bertz CT molecular complexity index is 720. The van der Waals surface area contributed by atoms with Crippen molar-refractivity contribution in [3.63, 3.8) is 0 Å². The molecule has 0 fully saturated rings. The van der Waals surface area contributed by atoms with Crippen LogP contribution in [0.5, 0.6) is 0 Å². The van der Waals surface area contributed by atoms with Gasteiger partial charge in [-0.25, -0.2) is 0 Å². The maximum absolute atomic E-state index is 12.4. The number of unbranched alkanes of at least 4 members (excludes halogenated alkanes) is 30. The Morgan fingerprint density at radius 2 is 0.820 bits per heavy atom. The molecule has 0 aliphatic rings. The molecule has 50 heavy (non-hydrogen) atoms. The van der Waals surface area contributed by atoms with Crippen LogP contribution in [0, 0.1) is 0 Å². The third-order valence-corrected chi connectivity index (χ3v) is 10.5. The summed E-state index contributed by atoms with van der Waals surface area (Å²) in [7, 11) is 0. The largest absolute Gasteiger partial charge is 0.394 e. The van der Waals surface area contributed by atoms with Gasteiger partial charge in [0.1, 0.15) is 0 Å². The van der Waals surface area contributed by atoms with Crippen LogP contribution in [0.1, 0.15) is 245 Å². The lowest BCUT2D eigenvalue weighted by atomic mass is 10.0. The van der Waals surface area contributed by atoms with E-state index in [1.807, 2.05) is 0 Å². The predicted molar refractivity (Wildman–Crippen MR) is 221 cm³/mol. The van der Waals surface area contributed by atoms with E-state index in [0.29, 0.717) is 12.8 Å². The summed E-state index contributed by atoms with van der Waals surface area (Å²) in [5.41, 5.74) is 0. The first-order valence-electron chi connectivity index (χ1n) is 22.5. The number of hydrogen-bond donors (Lipinski definition) is 3. The number of carbonyl (C=O) groups excluding carboxylic acids is 1. The van der Waals surface area contributed by atoms with Crippen LogP contribution in [0.4, 0.5) is 0 Å². The SMILES string of the molecule is CCCCCCCCCCC/C=C\C/C=C\CCCCCCCCCCCC(=O)NC(CO)C(O)CCCCCCCCCCCCCCC. The number of nitrogens with one attached hydrogen (secondary N) is 1. The number of carbonyl (C=O) groups is 1. The molecule has 0 heterocycles. The zero-order valence-corrected chi connectivity index (χ0v) is 33.9. The quantitative estimate of drug-likeness (QED) is 0.0438. The molecule has 0 aliphatic heterocycles. The molecule has 3 N–H and O–H groups in total. The van der Waals surface area contributed by atoms with Gasteiger partial charge < -0.3 is 15.5 Å². The summed E-state index contributed by atoms with van der Waals surface area (Å²) >= 11 is 0. The van der Waals surface area contributed by atoms with E-state index in [4.69, 9.17) is 0 Å². The number of hydrogen-bond acceptors (Lipinski definition) is 3. The van der Waals surface area contributed by atoms with Crippen LogP contribution < -0.4 is 5.32 Å². The van der Waals surface area contributed by atoms with Gasteiger partial charge in [-0.3, -0.25) is 4.79 Å². The van der Waals surface area contributed by atoms with Crippen molar-refractivity contribution in [1.82, 2.24) is 5.32 Å². The van der Waals surface area contributed by atoms with E-state index in [2.05, 4.69) is 43.5 Å². The Morgan fingerprint density at radius 3 is 1.20 bits per heavy atom. The van der Waals surface area contributed by atoms with Gasteiger partial charge in [0, 0.05) is 6.42 Å². The summed E-state index contributed by atoms with van der Waals surface area (Å²) in [4.78, 5) is 12.4. The van der Waals surface area contributed by atoms with Gasteiger partial charge in [-0.2, -0.15) is 0 Å². The fourth-order valence-corrected chi connectivity index (χ4v) is 6.98. The smallest absolute Gasteiger partial charge is 0.220 e. The number of allylic oxidation sites excluding steroid dienone is 4. The lowest BCUT2D eigenvalue weighted by Gasteiger charge is -2.22. The molecule has 0 rings (SSSR count). The fraction of sp³-hybridized carbons (Fsp3) is 0.891. The molecule has 0 radical (unpaired) electrons. The molecule has 2 atom stereocenters. The molecule has 0 aromatic carbocycles. The van der Waals surface area contributed by atoms with E-state index in [1.54, 1.807) is 0 Å². The van der Waals surface area contributed by atoms with E-state index in [-0.39, 0.29) is 12.5 Å². The summed E-state index contributed by atoms with van der Waals surface area (Å²) in [6.07, 6.45) is 54.0. The summed E-state index contributed by atoms with van der Waals surface area (Å²) < 4.78 is 0. The molecular formula is C46H89NO3. The van der Waals surface area contributed by atoms with Crippen molar-refractivity contribution in [3.05, 3.63) is 24.3 Å². The van der Waals surface area contributed by atoms with Gasteiger partial charge in [0.2, 0.25) is 5.91 Å². The third-order valence-electron chi connectivity index (χ3n) is 10.5. The minimum atomic E-state index is -0.658. The van der Waals surface area contributed by atoms with Crippen LogP contribution in [0.25, 0.3) is 0 Å². The number of rotatable bonds is 41. The summed E-state index contributed by atoms with van der Waals surface area (Å²) in [5.74, 6) is -0.0346. The first kappa shape index (κ1) is 48.9. The summed E-state index contributed by atoms with van der Waals surface area (Å²) in [6.45, 7) is 4.36. The van der Waals surface area contributed by atoms with Gasteiger partial charge in [0.25, 0.3) is 0 Å². The van der Waals surface area contributed by atoms with Gasteiger partial charge in [-0.05, 0) is 44.9 Å². The second kappa shape index (κ2) is 42.3. The summed E-state index contributed by atoms with van der Waals surface area (Å²) in [6, 6.07) is -0.536. The molecule has 0 spiro atoms. The zero-order chi connectivity index (χ0) is 36.4. The van der Waals surface area contributed by atoms with Crippen molar-refractivity contribution in [3.8, 4) is 0 Å². The van der Waals surface area contributed by atoms with Crippen LogP contribution in [-0.4, -0.2) is 34.9 Å². The molecule has 4 heteroatoms. The minimum absolute atomic E-state index is 0.0346. The molecule has 4 nitrogen and oxygen atoms in total. The Hall–Kier alpha value is -1.13. The zero-order valence-electron chi connectivity index (χ0n) is 33.9. The monoisotopic (exact) mass is 704 g/mol. The molecule has 0 aromatic rings. The molecule has 0 aliphatic carbocycles. The van der Waals surface area contributed by atoms with Gasteiger partial charge in [0.05, 0.1) is 18.8 Å². The maximum Gasteiger partial charge on any atom is 0.220 e. The van der Waals surface area contributed by atoms with Crippen molar-refractivity contribution < 1.29 is 15.0 Å². The van der Waals surface area contributed by atoms with Crippen molar-refractivity contribution >= 4 is 5.91 Å². The highest BCUT2D eigenvalue weighted by Crippen LogP contribution is 2.16. The van der Waals surface area contributed by atoms with E-state index in [0.717, 1.165) is 32.1 Å². The average molecular weight is 704 g/mol. The molecule has 0 bridgehead atoms. The van der Waals surface area contributed by atoms with Crippen molar-refractivity contribution in [1.29, 1.82) is 0 Å². The molecular weight excluding hydrogens is 615 g/mol. The van der Waals surface area contributed by atoms with Gasteiger partial charge in [-0.15, -0.1) is 0 Å². The van der Waals surface area contributed by atoms with E-state index < -0.39 is 12.1 Å². The average Bonchev–Trinajstić information content (AvgIpc) is 3.12. The van der Waals surface area contributed by atoms with Crippen molar-refractivity contribution in [2.24, 2.45) is 0 Å². The van der Waals surface area contributed by atoms with Gasteiger partial charge in [-0.1, -0.05) is 218 Å². The molecule has 2 unspecified atom stereocenters. The molecule has 0 saturated heterocycles. The number of aliphatic hydroxyl groups excluding tert-OH is 2. The topological polar surface area (TPSA) is 69.6 Å². The first-order chi connectivity index (χ1) is 24.7. The lowest BCUT2D eigenvalue weighted by Crippen LogP contribution is -2.45.